The second-order valence-electron chi connectivity index (χ2n) is 8.88. The van der Waals surface area contributed by atoms with Crippen LogP contribution in [0, 0.1) is 0 Å². The van der Waals surface area contributed by atoms with Crippen molar-refractivity contribution in [3.63, 3.8) is 0 Å². The molecule has 0 saturated heterocycles. The number of hydrogen-bond donors (Lipinski definition) is 2. The quantitative estimate of drug-likeness (QED) is 0.356. The van der Waals surface area contributed by atoms with Crippen LogP contribution in [-0.4, -0.2) is 30.1 Å². The summed E-state index contributed by atoms with van der Waals surface area (Å²) in [5.74, 6) is 0.588. The fourth-order valence-corrected chi connectivity index (χ4v) is 4.76. The van der Waals surface area contributed by atoms with Crippen LogP contribution < -0.4 is 20.5 Å². The fourth-order valence-electron chi connectivity index (χ4n) is 4.76. The highest BCUT2D eigenvalue weighted by molar-refractivity contribution is 5.98. The van der Waals surface area contributed by atoms with Crippen molar-refractivity contribution < 1.29 is 31.9 Å². The molecule has 0 saturated carbocycles. The summed E-state index contributed by atoms with van der Waals surface area (Å²) >= 11 is 0. The maximum atomic E-state index is 13.3. The van der Waals surface area contributed by atoms with Crippen molar-refractivity contribution >= 4 is 16.8 Å². The molecule has 198 valence electrons. The predicted molar refractivity (Wildman–Crippen MR) is 133 cm³/mol. The summed E-state index contributed by atoms with van der Waals surface area (Å²) in [6, 6.07) is 10.8. The van der Waals surface area contributed by atoms with Crippen LogP contribution in [0.3, 0.4) is 0 Å². The van der Waals surface area contributed by atoms with Gasteiger partial charge in [-0.05, 0) is 66.8 Å². The van der Waals surface area contributed by atoms with Crippen LogP contribution in [0.4, 0.5) is 13.2 Å². The summed E-state index contributed by atoms with van der Waals surface area (Å²) in [6.07, 6.45) is -2.08. The second kappa shape index (κ2) is 9.97. The molecule has 4 aromatic rings. The molecule has 0 radical (unpaired) electrons. The molecule has 11 heteroatoms. The number of aryl methyl sites for hydroxylation is 1. The number of carbonyl (C=O) groups excluding carboxylic acids is 1. The third kappa shape index (κ3) is 4.65. The van der Waals surface area contributed by atoms with E-state index in [0.717, 1.165) is 36.5 Å². The van der Waals surface area contributed by atoms with Gasteiger partial charge in [0.1, 0.15) is 22.7 Å². The Hall–Kier alpha value is -4.12. The molecule has 0 bridgehead atoms. The molecule has 1 amide bonds. The van der Waals surface area contributed by atoms with E-state index in [-0.39, 0.29) is 41.2 Å². The van der Waals surface area contributed by atoms with Crippen LogP contribution in [0.25, 0.3) is 22.4 Å². The zero-order chi connectivity index (χ0) is 27.0. The van der Waals surface area contributed by atoms with E-state index >= 15 is 0 Å². The number of alkyl halides is 3. The van der Waals surface area contributed by atoms with Gasteiger partial charge in [-0.1, -0.05) is 6.07 Å². The van der Waals surface area contributed by atoms with Crippen LogP contribution in [0.5, 0.6) is 11.5 Å². The topological polar surface area (TPSA) is 112 Å². The smallest absolute Gasteiger partial charge is 0.433 e. The number of rotatable bonds is 6. The van der Waals surface area contributed by atoms with Gasteiger partial charge >= 0.3 is 6.18 Å². The number of halogens is 3. The Bertz CT molecular complexity index is 1520. The Morgan fingerprint density at radius 2 is 1.95 bits per heavy atom. The summed E-state index contributed by atoms with van der Waals surface area (Å²) in [7, 11) is 2.93. The Morgan fingerprint density at radius 3 is 2.66 bits per heavy atom. The molecule has 0 spiro atoms. The maximum absolute atomic E-state index is 13.3. The lowest BCUT2D eigenvalue weighted by Gasteiger charge is -2.26. The first-order valence-corrected chi connectivity index (χ1v) is 12.0. The number of carbonyl (C=O) groups is 1. The van der Waals surface area contributed by atoms with Gasteiger partial charge < -0.3 is 24.9 Å². The molecular weight excluding hydrogens is 501 g/mol. The number of nitrogens with two attached hydrogens (primary N) is 1. The van der Waals surface area contributed by atoms with E-state index in [4.69, 9.17) is 19.6 Å². The number of fused-ring (bicyclic) bond motifs is 2. The SMILES string of the molecule is COc1ccc2c(c1)[C@@H](NC(=O)c1nc(-c3ccc(OC)c4nc(C(F)(F)F)ccc34)oc1CN)CCC2. The first kappa shape index (κ1) is 25.5. The highest BCUT2D eigenvalue weighted by atomic mass is 19.4. The lowest BCUT2D eigenvalue weighted by atomic mass is 9.87. The molecule has 0 aliphatic heterocycles. The minimum atomic E-state index is -4.63. The summed E-state index contributed by atoms with van der Waals surface area (Å²) < 4.78 is 56.3. The number of hydrogen-bond acceptors (Lipinski definition) is 7. The minimum Gasteiger partial charge on any atom is -0.497 e. The van der Waals surface area contributed by atoms with Crippen molar-refractivity contribution in [2.45, 2.75) is 38.0 Å². The number of amides is 1. The highest BCUT2D eigenvalue weighted by Gasteiger charge is 2.33. The van der Waals surface area contributed by atoms with Gasteiger partial charge in [-0.15, -0.1) is 0 Å². The molecule has 5 rings (SSSR count). The van der Waals surface area contributed by atoms with E-state index in [2.05, 4.69) is 15.3 Å². The Kier molecular flexibility index (Phi) is 6.70. The van der Waals surface area contributed by atoms with Gasteiger partial charge in [0.25, 0.3) is 5.91 Å². The Labute approximate surface area is 216 Å². The molecule has 2 aromatic carbocycles. The number of aromatic nitrogens is 2. The molecule has 8 nitrogen and oxygen atoms in total. The zero-order valence-electron chi connectivity index (χ0n) is 20.7. The Balaban J connectivity index is 1.51. The molecule has 1 aliphatic rings. The van der Waals surface area contributed by atoms with Gasteiger partial charge in [0.2, 0.25) is 5.89 Å². The summed E-state index contributed by atoms with van der Waals surface area (Å²) in [5, 5.41) is 3.35. The van der Waals surface area contributed by atoms with E-state index in [0.29, 0.717) is 16.7 Å². The number of nitrogens with one attached hydrogen (secondary N) is 1. The number of ether oxygens (including phenoxy) is 2. The molecule has 3 N–H and O–H groups in total. The predicted octanol–water partition coefficient (Wildman–Crippen LogP) is 5.19. The maximum Gasteiger partial charge on any atom is 0.433 e. The highest BCUT2D eigenvalue weighted by Crippen LogP contribution is 2.37. The molecule has 1 aliphatic carbocycles. The third-order valence-corrected chi connectivity index (χ3v) is 6.63. The summed E-state index contributed by atoms with van der Waals surface area (Å²) in [4.78, 5) is 21.5. The van der Waals surface area contributed by atoms with Gasteiger partial charge in [0.05, 0.1) is 26.8 Å². The van der Waals surface area contributed by atoms with Gasteiger partial charge in [-0.3, -0.25) is 4.79 Å². The van der Waals surface area contributed by atoms with Crippen molar-refractivity contribution in [1.82, 2.24) is 15.3 Å². The van der Waals surface area contributed by atoms with Crippen LogP contribution in [0.2, 0.25) is 0 Å². The summed E-state index contributed by atoms with van der Waals surface area (Å²) in [6.45, 7) is -0.102. The number of nitrogens with zero attached hydrogens (tertiary/aromatic N) is 2. The number of benzene rings is 2. The van der Waals surface area contributed by atoms with Crippen molar-refractivity contribution in [3.8, 4) is 23.0 Å². The van der Waals surface area contributed by atoms with Crippen molar-refractivity contribution in [3.05, 3.63) is 70.7 Å². The van der Waals surface area contributed by atoms with Crippen molar-refractivity contribution in [2.24, 2.45) is 5.73 Å². The number of oxazole rings is 1. The third-order valence-electron chi connectivity index (χ3n) is 6.63. The minimum absolute atomic E-state index is 0.00825. The molecule has 0 fully saturated rings. The van der Waals surface area contributed by atoms with Gasteiger partial charge in [-0.25, -0.2) is 9.97 Å². The van der Waals surface area contributed by atoms with E-state index in [9.17, 15) is 18.0 Å². The monoisotopic (exact) mass is 526 g/mol. The fraction of sp³-hybridized carbons (Fsp3) is 0.296. The van der Waals surface area contributed by atoms with E-state index in [1.54, 1.807) is 13.2 Å². The van der Waals surface area contributed by atoms with Crippen LogP contribution in [-0.2, 0) is 19.1 Å². The normalized spacial score (nSPS) is 15.3. The average molecular weight is 527 g/mol. The van der Waals surface area contributed by atoms with Crippen molar-refractivity contribution in [2.75, 3.05) is 14.2 Å². The largest absolute Gasteiger partial charge is 0.497 e. The molecule has 38 heavy (non-hydrogen) atoms. The van der Waals surface area contributed by atoms with E-state index in [1.807, 2.05) is 18.2 Å². The first-order chi connectivity index (χ1) is 18.2. The molecule has 2 aromatic heterocycles. The lowest BCUT2D eigenvalue weighted by Crippen LogP contribution is -2.32. The van der Waals surface area contributed by atoms with E-state index < -0.39 is 17.8 Å². The van der Waals surface area contributed by atoms with Gasteiger partial charge in [0.15, 0.2) is 11.5 Å². The molecule has 1 atom stereocenters. The first-order valence-electron chi connectivity index (χ1n) is 12.0. The second-order valence-corrected chi connectivity index (χ2v) is 8.88. The number of methoxy groups -OCH3 is 2. The van der Waals surface area contributed by atoms with Gasteiger partial charge in [-0.2, -0.15) is 13.2 Å². The average Bonchev–Trinajstić information content (AvgIpc) is 3.36. The van der Waals surface area contributed by atoms with E-state index in [1.165, 1.54) is 19.2 Å². The summed E-state index contributed by atoms with van der Waals surface area (Å²) in [5.41, 5.74) is 7.29. The number of pyridine rings is 1. The van der Waals surface area contributed by atoms with Crippen LogP contribution >= 0.6 is 0 Å². The van der Waals surface area contributed by atoms with Gasteiger partial charge in [0, 0.05) is 10.9 Å². The molecule has 2 heterocycles. The molecule has 0 unspecified atom stereocenters. The Morgan fingerprint density at radius 1 is 1.13 bits per heavy atom. The molecular formula is C27H25F3N4O4. The van der Waals surface area contributed by atoms with Crippen LogP contribution in [0.1, 0.15) is 52.0 Å². The lowest BCUT2D eigenvalue weighted by molar-refractivity contribution is -0.140. The van der Waals surface area contributed by atoms with Crippen molar-refractivity contribution in [1.29, 1.82) is 0 Å². The standard InChI is InChI=1S/C27H25F3N4O4/c1-36-15-7-6-14-4-3-5-19(18(14)12-15)32-25(35)24-21(13-31)38-26(34-24)17-8-10-20(37-2)23-16(17)9-11-22(33-23)27(28,29)30/h6-12,19H,3-5,13,31H2,1-2H3,(H,32,35)/t19-/m0/s1. The zero-order valence-corrected chi connectivity index (χ0v) is 20.7. The van der Waals surface area contributed by atoms with Crippen LogP contribution in [0.15, 0.2) is 46.9 Å².